The second kappa shape index (κ2) is 8.29. The lowest BCUT2D eigenvalue weighted by Gasteiger charge is -2.35. The molecule has 0 atom stereocenters. The highest BCUT2D eigenvalue weighted by Gasteiger charge is 2.34. The van der Waals surface area contributed by atoms with Crippen molar-refractivity contribution < 1.29 is 22.9 Å². The van der Waals surface area contributed by atoms with Crippen LogP contribution in [0.2, 0.25) is 0 Å². The van der Waals surface area contributed by atoms with Crippen LogP contribution >= 0.6 is 0 Å². The molecule has 0 radical (unpaired) electrons. The first-order chi connectivity index (χ1) is 15.2. The average molecular weight is 446 g/mol. The van der Waals surface area contributed by atoms with E-state index in [9.17, 15) is 28.1 Å². The summed E-state index contributed by atoms with van der Waals surface area (Å²) in [6.07, 6.45) is 1.72. The maximum atomic E-state index is 12.9. The van der Waals surface area contributed by atoms with Gasteiger partial charge in [0, 0.05) is 50.8 Å². The first kappa shape index (κ1) is 21.3. The molecule has 9 nitrogen and oxygen atoms in total. The Balaban J connectivity index is 1.45. The van der Waals surface area contributed by atoms with E-state index in [1.165, 1.54) is 6.20 Å². The Morgan fingerprint density at radius 1 is 1.09 bits per heavy atom. The normalized spacial score (nSPS) is 14.5. The van der Waals surface area contributed by atoms with Crippen LogP contribution in [0.15, 0.2) is 55.2 Å². The highest BCUT2D eigenvalue weighted by Crippen LogP contribution is 2.36. The summed E-state index contributed by atoms with van der Waals surface area (Å²) in [6.45, 7) is 1.03. The molecule has 0 unspecified atom stereocenters. The summed E-state index contributed by atoms with van der Waals surface area (Å²) < 4.78 is 40.5. The fourth-order valence-electron chi connectivity index (χ4n) is 3.51. The second-order valence-corrected chi connectivity index (χ2v) is 7.11. The summed E-state index contributed by atoms with van der Waals surface area (Å²) >= 11 is 0. The fourth-order valence-corrected chi connectivity index (χ4v) is 3.51. The molecule has 4 rings (SSSR count). The predicted molar refractivity (Wildman–Crippen MR) is 108 cm³/mol. The molecule has 32 heavy (non-hydrogen) atoms. The van der Waals surface area contributed by atoms with Crippen LogP contribution in [-0.2, 0) is 6.18 Å². The molecule has 3 heterocycles. The van der Waals surface area contributed by atoms with Crippen LogP contribution < -0.4 is 4.90 Å². The fraction of sp³-hybridized carbons (Fsp3) is 0.250. The number of rotatable bonds is 4. The van der Waals surface area contributed by atoms with Crippen molar-refractivity contribution in [1.29, 1.82) is 0 Å². The maximum Gasteiger partial charge on any atom is 0.416 e. The summed E-state index contributed by atoms with van der Waals surface area (Å²) in [6, 6.07) is 5.82. The van der Waals surface area contributed by atoms with Crippen molar-refractivity contribution in [2.75, 3.05) is 31.1 Å². The molecular weight excluding hydrogens is 429 g/mol. The molecular formula is C20H17F3N6O3. The van der Waals surface area contributed by atoms with Gasteiger partial charge in [-0.2, -0.15) is 13.2 Å². The second-order valence-electron chi connectivity index (χ2n) is 7.11. The summed E-state index contributed by atoms with van der Waals surface area (Å²) in [5, 5.41) is 11.3. The predicted octanol–water partition coefficient (Wildman–Crippen LogP) is 3.16. The number of piperazine rings is 1. The Morgan fingerprint density at radius 2 is 1.84 bits per heavy atom. The summed E-state index contributed by atoms with van der Waals surface area (Å²) in [4.78, 5) is 34.7. The first-order valence-electron chi connectivity index (χ1n) is 9.58. The number of anilines is 1. The summed E-state index contributed by atoms with van der Waals surface area (Å²) in [5.74, 6) is 0.370. The van der Waals surface area contributed by atoms with Crippen LogP contribution in [0.25, 0.3) is 5.82 Å². The van der Waals surface area contributed by atoms with Crippen LogP contribution in [0.5, 0.6) is 0 Å². The van der Waals surface area contributed by atoms with Gasteiger partial charge >= 0.3 is 6.18 Å². The van der Waals surface area contributed by atoms with Gasteiger partial charge < -0.3 is 9.80 Å². The Labute approximate surface area is 179 Å². The number of hydrogen-bond acceptors (Lipinski definition) is 6. The van der Waals surface area contributed by atoms with Gasteiger partial charge in [0.25, 0.3) is 11.6 Å². The lowest BCUT2D eigenvalue weighted by Crippen LogP contribution is -2.49. The molecule has 1 aromatic carbocycles. The molecule has 3 aromatic rings. The van der Waals surface area contributed by atoms with Crippen LogP contribution in [0.3, 0.4) is 0 Å². The van der Waals surface area contributed by atoms with Gasteiger partial charge in [-0.15, -0.1) is 0 Å². The Bertz CT molecular complexity index is 1120. The summed E-state index contributed by atoms with van der Waals surface area (Å²) in [5.41, 5.74) is -1.20. The van der Waals surface area contributed by atoms with Gasteiger partial charge in [-0.3, -0.25) is 19.5 Å². The van der Waals surface area contributed by atoms with Crippen molar-refractivity contribution in [2.45, 2.75) is 6.18 Å². The number of alkyl halides is 3. The highest BCUT2D eigenvalue weighted by molar-refractivity contribution is 5.94. The molecule has 0 N–H and O–H groups in total. The topological polar surface area (TPSA) is 97.4 Å². The zero-order chi connectivity index (χ0) is 22.9. The SMILES string of the molecule is O=C(c1ccc(-n2ccnc2)nc1)N1CCN(c2ccc(C(F)(F)F)cc2[N+](=O)[O-])CC1. The largest absolute Gasteiger partial charge is 0.416 e. The van der Waals surface area contributed by atoms with Crippen molar-refractivity contribution in [3.63, 3.8) is 0 Å². The van der Waals surface area contributed by atoms with Gasteiger partial charge in [-0.25, -0.2) is 9.97 Å². The van der Waals surface area contributed by atoms with Gasteiger partial charge in [-0.1, -0.05) is 0 Å². The van der Waals surface area contributed by atoms with Crippen LogP contribution in [0, 0.1) is 10.1 Å². The molecule has 166 valence electrons. The third-order valence-corrected chi connectivity index (χ3v) is 5.17. The Kier molecular flexibility index (Phi) is 5.51. The number of carbonyl (C=O) groups excluding carboxylic acids is 1. The quantitative estimate of drug-likeness (QED) is 0.451. The van der Waals surface area contributed by atoms with Crippen LogP contribution in [0.1, 0.15) is 15.9 Å². The van der Waals surface area contributed by atoms with Crippen LogP contribution in [-0.4, -0.2) is 56.4 Å². The third-order valence-electron chi connectivity index (χ3n) is 5.17. The summed E-state index contributed by atoms with van der Waals surface area (Å²) in [7, 11) is 0. The smallest absolute Gasteiger partial charge is 0.362 e. The molecule has 1 aliphatic rings. The van der Waals surface area contributed by atoms with Gasteiger partial charge in [0.05, 0.1) is 16.1 Å². The van der Waals surface area contributed by atoms with E-state index < -0.39 is 22.4 Å². The Hall–Kier alpha value is -3.96. The Morgan fingerprint density at radius 3 is 2.41 bits per heavy atom. The number of nitrogens with zero attached hydrogens (tertiary/aromatic N) is 6. The molecule has 1 aliphatic heterocycles. The van der Waals surface area contributed by atoms with E-state index in [1.54, 1.807) is 45.2 Å². The minimum Gasteiger partial charge on any atom is -0.362 e. The molecule has 0 bridgehead atoms. The molecule has 12 heteroatoms. The monoisotopic (exact) mass is 446 g/mol. The number of nitro benzene ring substituents is 1. The molecule has 1 saturated heterocycles. The molecule has 1 amide bonds. The van der Waals surface area contributed by atoms with E-state index in [0.717, 1.165) is 12.1 Å². The maximum absolute atomic E-state index is 12.9. The van der Waals surface area contributed by atoms with E-state index in [-0.39, 0.29) is 37.8 Å². The lowest BCUT2D eigenvalue weighted by atomic mass is 10.1. The van der Waals surface area contributed by atoms with E-state index in [4.69, 9.17) is 0 Å². The van der Waals surface area contributed by atoms with Crippen molar-refractivity contribution in [3.05, 3.63) is 76.5 Å². The first-order valence-corrected chi connectivity index (χ1v) is 9.58. The molecule has 0 aliphatic carbocycles. The lowest BCUT2D eigenvalue weighted by molar-refractivity contribution is -0.384. The minimum atomic E-state index is -4.67. The van der Waals surface area contributed by atoms with Gasteiger partial charge in [0.1, 0.15) is 17.8 Å². The van der Waals surface area contributed by atoms with Crippen LogP contribution in [0.4, 0.5) is 24.5 Å². The van der Waals surface area contributed by atoms with Crippen molar-refractivity contribution in [1.82, 2.24) is 19.4 Å². The van der Waals surface area contributed by atoms with Gasteiger partial charge in [0.15, 0.2) is 0 Å². The van der Waals surface area contributed by atoms with Crippen molar-refractivity contribution in [3.8, 4) is 5.82 Å². The number of carbonyl (C=O) groups is 1. The molecule has 0 saturated carbocycles. The molecule has 0 spiro atoms. The van der Waals surface area contributed by atoms with Gasteiger partial charge in [-0.05, 0) is 24.3 Å². The third kappa shape index (κ3) is 4.24. The van der Waals surface area contributed by atoms with E-state index >= 15 is 0 Å². The zero-order valence-electron chi connectivity index (χ0n) is 16.6. The number of halogens is 3. The van der Waals surface area contributed by atoms with Crippen molar-refractivity contribution >= 4 is 17.3 Å². The average Bonchev–Trinajstić information content (AvgIpc) is 3.33. The standard InChI is InChI=1S/C20H17F3N6O3/c21-20(22,23)15-2-3-16(17(11-15)29(31)32)26-7-9-27(10-8-26)19(30)14-1-4-18(25-12-14)28-6-5-24-13-28/h1-6,11-13H,7-10H2. The molecule has 1 fully saturated rings. The van der Waals surface area contributed by atoms with E-state index in [1.807, 2.05) is 0 Å². The minimum absolute atomic E-state index is 0.0986. The van der Waals surface area contributed by atoms with Crippen molar-refractivity contribution in [2.24, 2.45) is 0 Å². The number of benzene rings is 1. The number of aromatic nitrogens is 3. The van der Waals surface area contributed by atoms with Gasteiger partial charge in [0.2, 0.25) is 0 Å². The molecule has 2 aromatic heterocycles. The highest BCUT2D eigenvalue weighted by atomic mass is 19.4. The number of amides is 1. The van der Waals surface area contributed by atoms with E-state index in [0.29, 0.717) is 17.4 Å². The number of hydrogen-bond donors (Lipinski definition) is 0. The number of nitro groups is 1. The number of imidazole rings is 1. The zero-order valence-corrected chi connectivity index (χ0v) is 16.6. The van der Waals surface area contributed by atoms with E-state index in [2.05, 4.69) is 9.97 Å². The number of pyridine rings is 1.